The van der Waals surface area contributed by atoms with Gasteiger partial charge in [-0.2, -0.15) is 5.48 Å². The molecule has 0 saturated carbocycles. The van der Waals surface area contributed by atoms with Crippen LogP contribution in [0.3, 0.4) is 0 Å². The van der Waals surface area contributed by atoms with E-state index in [-0.39, 0.29) is 12.4 Å². The van der Waals surface area contributed by atoms with Crippen molar-refractivity contribution >= 4 is 15.9 Å². The number of aliphatic hydroxyl groups excluding tert-OH is 1. The molecule has 0 radical (unpaired) electrons. The minimum absolute atomic E-state index is 0.123. The lowest BCUT2D eigenvalue weighted by Crippen LogP contribution is -2.20. The van der Waals surface area contributed by atoms with E-state index in [2.05, 4.69) is 15.9 Å². The highest BCUT2D eigenvalue weighted by molar-refractivity contribution is 9.10. The molecule has 72 valence electrons. The van der Waals surface area contributed by atoms with Crippen LogP contribution in [0.4, 0.5) is 0 Å². The van der Waals surface area contributed by atoms with E-state index in [9.17, 15) is 5.11 Å². The SMILES string of the molecule is OC[C@@H](NO)c1ccc(O)c(Br)c1. The molecule has 4 N–H and O–H groups in total. The standard InChI is InChI=1S/C8H10BrNO3/c9-6-3-5(1-2-8(6)12)7(4-11)10-13/h1-3,7,10-13H,4H2/t7-/m1/s1. The number of aliphatic hydroxyl groups is 1. The molecular formula is C8H10BrNO3. The van der Waals surface area contributed by atoms with Crippen LogP contribution in [0.1, 0.15) is 11.6 Å². The Balaban J connectivity index is 2.95. The lowest BCUT2D eigenvalue weighted by molar-refractivity contribution is 0.0905. The minimum atomic E-state index is -0.531. The second kappa shape index (κ2) is 4.57. The van der Waals surface area contributed by atoms with E-state index in [1.165, 1.54) is 6.07 Å². The van der Waals surface area contributed by atoms with Gasteiger partial charge in [-0.15, -0.1) is 0 Å². The van der Waals surface area contributed by atoms with Crippen LogP contribution in [0.25, 0.3) is 0 Å². The molecule has 0 spiro atoms. The molecule has 0 unspecified atom stereocenters. The van der Waals surface area contributed by atoms with Crippen LogP contribution in [0, 0.1) is 0 Å². The van der Waals surface area contributed by atoms with Crippen LogP contribution in [-0.4, -0.2) is 22.0 Å². The summed E-state index contributed by atoms with van der Waals surface area (Å²) >= 11 is 3.13. The Kier molecular flexibility index (Phi) is 3.68. The molecule has 1 rings (SSSR count). The third-order valence-electron chi connectivity index (χ3n) is 1.71. The van der Waals surface area contributed by atoms with Gasteiger partial charge in [0.1, 0.15) is 5.75 Å². The van der Waals surface area contributed by atoms with Gasteiger partial charge in [-0.1, -0.05) is 6.07 Å². The van der Waals surface area contributed by atoms with Crippen LogP contribution in [0.5, 0.6) is 5.75 Å². The molecule has 5 heteroatoms. The van der Waals surface area contributed by atoms with Crippen molar-refractivity contribution in [3.63, 3.8) is 0 Å². The number of nitrogens with one attached hydrogen (secondary N) is 1. The van der Waals surface area contributed by atoms with Gasteiger partial charge in [-0.3, -0.25) is 0 Å². The minimum Gasteiger partial charge on any atom is -0.507 e. The summed E-state index contributed by atoms with van der Waals surface area (Å²) in [6, 6.07) is 4.19. The van der Waals surface area contributed by atoms with Gasteiger partial charge in [-0.25, -0.2) is 0 Å². The number of phenolic OH excluding ortho intramolecular Hbond substituents is 1. The van der Waals surface area contributed by atoms with Crippen LogP contribution in [0.2, 0.25) is 0 Å². The summed E-state index contributed by atoms with van der Waals surface area (Å²) in [5.74, 6) is 0.123. The predicted octanol–water partition coefficient (Wildman–Crippen LogP) is 1.17. The summed E-state index contributed by atoms with van der Waals surface area (Å²) in [7, 11) is 0. The zero-order valence-electron chi connectivity index (χ0n) is 6.74. The van der Waals surface area contributed by atoms with Crippen LogP contribution in [-0.2, 0) is 0 Å². The largest absolute Gasteiger partial charge is 0.507 e. The summed E-state index contributed by atoms with van der Waals surface area (Å²) in [4.78, 5) is 0. The summed E-state index contributed by atoms with van der Waals surface area (Å²) in [5.41, 5.74) is 2.65. The van der Waals surface area contributed by atoms with Gasteiger partial charge < -0.3 is 15.4 Å². The number of aromatic hydroxyl groups is 1. The maximum Gasteiger partial charge on any atom is 0.129 e. The highest BCUT2D eigenvalue weighted by atomic mass is 79.9. The van der Waals surface area contributed by atoms with E-state index in [0.29, 0.717) is 10.0 Å². The molecule has 1 atom stereocenters. The molecule has 1 aromatic rings. The first kappa shape index (κ1) is 10.5. The zero-order chi connectivity index (χ0) is 9.84. The van der Waals surface area contributed by atoms with Crippen molar-refractivity contribution in [2.24, 2.45) is 0 Å². The molecule has 0 saturated heterocycles. The number of rotatable bonds is 3. The number of hydrogen-bond acceptors (Lipinski definition) is 4. The first-order valence-electron chi connectivity index (χ1n) is 3.68. The summed E-state index contributed by atoms with van der Waals surface area (Å²) in [6.07, 6.45) is 0. The average Bonchev–Trinajstić information content (AvgIpc) is 2.13. The van der Waals surface area contributed by atoms with Gasteiger partial charge in [0, 0.05) is 0 Å². The first-order valence-corrected chi connectivity index (χ1v) is 4.47. The maximum absolute atomic E-state index is 9.18. The van der Waals surface area contributed by atoms with Gasteiger partial charge in [0.05, 0.1) is 17.1 Å². The molecule has 0 aromatic heterocycles. The van der Waals surface area contributed by atoms with Crippen molar-refractivity contribution < 1.29 is 15.4 Å². The topological polar surface area (TPSA) is 72.7 Å². The monoisotopic (exact) mass is 247 g/mol. The molecular weight excluding hydrogens is 238 g/mol. The Morgan fingerprint density at radius 2 is 2.15 bits per heavy atom. The molecule has 0 amide bonds. The third kappa shape index (κ3) is 2.41. The Labute approximate surface area is 83.9 Å². The number of hydroxylamine groups is 1. The highest BCUT2D eigenvalue weighted by Gasteiger charge is 2.09. The third-order valence-corrected chi connectivity index (χ3v) is 2.35. The van der Waals surface area contributed by atoms with Crippen molar-refractivity contribution in [3.8, 4) is 5.75 Å². The van der Waals surface area contributed by atoms with Crippen LogP contribution < -0.4 is 5.48 Å². The Bertz CT molecular complexity index is 289. The van der Waals surface area contributed by atoms with Crippen molar-refractivity contribution in [1.29, 1.82) is 0 Å². The van der Waals surface area contributed by atoms with Gasteiger partial charge in [-0.05, 0) is 33.6 Å². The summed E-state index contributed by atoms with van der Waals surface area (Å²) in [6.45, 7) is -0.215. The van der Waals surface area contributed by atoms with Crippen molar-refractivity contribution in [3.05, 3.63) is 28.2 Å². The van der Waals surface area contributed by atoms with Crippen LogP contribution >= 0.6 is 15.9 Å². The molecule has 13 heavy (non-hydrogen) atoms. The lowest BCUT2D eigenvalue weighted by Gasteiger charge is -2.12. The smallest absolute Gasteiger partial charge is 0.129 e. The Hall–Kier alpha value is -0.620. The molecule has 0 bridgehead atoms. The lowest BCUT2D eigenvalue weighted by atomic mass is 10.1. The molecule has 0 aliphatic carbocycles. The molecule has 1 aromatic carbocycles. The van der Waals surface area contributed by atoms with Crippen molar-refractivity contribution in [2.75, 3.05) is 6.61 Å². The molecule has 0 fully saturated rings. The fourth-order valence-electron chi connectivity index (χ4n) is 0.961. The van der Waals surface area contributed by atoms with E-state index < -0.39 is 6.04 Å². The summed E-state index contributed by atoms with van der Waals surface area (Å²) in [5, 5.41) is 26.7. The van der Waals surface area contributed by atoms with Crippen molar-refractivity contribution in [2.45, 2.75) is 6.04 Å². The van der Waals surface area contributed by atoms with E-state index in [4.69, 9.17) is 10.3 Å². The van der Waals surface area contributed by atoms with Crippen molar-refractivity contribution in [1.82, 2.24) is 5.48 Å². The zero-order valence-corrected chi connectivity index (χ0v) is 8.32. The van der Waals surface area contributed by atoms with Crippen LogP contribution in [0.15, 0.2) is 22.7 Å². The van der Waals surface area contributed by atoms with Gasteiger partial charge in [0.25, 0.3) is 0 Å². The molecule has 0 aliphatic heterocycles. The quantitative estimate of drug-likeness (QED) is 0.606. The highest BCUT2D eigenvalue weighted by Crippen LogP contribution is 2.26. The fourth-order valence-corrected chi connectivity index (χ4v) is 1.36. The molecule has 0 aliphatic rings. The van der Waals surface area contributed by atoms with E-state index in [1.54, 1.807) is 12.1 Å². The number of halogens is 1. The number of benzene rings is 1. The molecule has 0 heterocycles. The predicted molar refractivity (Wildman–Crippen MR) is 50.6 cm³/mol. The number of hydrogen-bond donors (Lipinski definition) is 4. The second-order valence-electron chi connectivity index (χ2n) is 2.58. The van der Waals surface area contributed by atoms with Gasteiger partial charge in [0.15, 0.2) is 0 Å². The van der Waals surface area contributed by atoms with Gasteiger partial charge >= 0.3 is 0 Å². The van der Waals surface area contributed by atoms with E-state index >= 15 is 0 Å². The fraction of sp³-hybridized carbons (Fsp3) is 0.250. The number of phenols is 1. The Morgan fingerprint density at radius 3 is 2.62 bits per heavy atom. The Morgan fingerprint density at radius 1 is 1.46 bits per heavy atom. The van der Waals surface area contributed by atoms with E-state index in [1.807, 2.05) is 5.48 Å². The molecule has 4 nitrogen and oxygen atoms in total. The normalized spacial score (nSPS) is 12.8. The summed E-state index contributed by atoms with van der Waals surface area (Å²) < 4.78 is 0.527. The van der Waals surface area contributed by atoms with Gasteiger partial charge in [0.2, 0.25) is 0 Å². The van der Waals surface area contributed by atoms with E-state index in [0.717, 1.165) is 0 Å². The maximum atomic E-state index is 9.18. The first-order chi connectivity index (χ1) is 6.19. The second-order valence-corrected chi connectivity index (χ2v) is 3.43. The average molecular weight is 248 g/mol.